The maximum atomic E-state index is 4.86. The van der Waals surface area contributed by atoms with Crippen LogP contribution in [0, 0.1) is 19.8 Å². The molecule has 0 radical (unpaired) electrons. The minimum atomic E-state index is 0.514. The Morgan fingerprint density at radius 3 is 2.42 bits per heavy atom. The van der Waals surface area contributed by atoms with Crippen LogP contribution in [-0.2, 0) is 0 Å². The molecule has 2 heterocycles. The lowest BCUT2D eigenvalue weighted by Crippen LogP contribution is -2.13. The van der Waals surface area contributed by atoms with E-state index in [0.717, 1.165) is 40.4 Å². The molecule has 0 aliphatic rings. The van der Waals surface area contributed by atoms with Crippen molar-refractivity contribution in [2.45, 2.75) is 27.7 Å². The number of aromatic nitrogens is 4. The lowest BCUT2D eigenvalue weighted by Gasteiger charge is -2.13. The number of nitrogens with one attached hydrogen (secondary N) is 1. The first-order valence-corrected chi connectivity index (χ1v) is 8.99. The molecule has 0 aliphatic carbocycles. The zero-order valence-corrected chi connectivity index (χ0v) is 15.6. The molecule has 5 nitrogen and oxygen atoms in total. The fraction of sp³-hybridized carbons (Fsp3) is 0.286. The number of aryl methyl sites for hydroxylation is 2. The van der Waals surface area contributed by atoms with E-state index in [9.17, 15) is 0 Å². The largest absolute Gasteiger partial charge is 0.355 e. The van der Waals surface area contributed by atoms with Crippen molar-refractivity contribution < 1.29 is 0 Å². The Morgan fingerprint density at radius 1 is 0.962 bits per heavy atom. The van der Waals surface area contributed by atoms with E-state index in [4.69, 9.17) is 4.98 Å². The van der Waals surface area contributed by atoms with Crippen molar-refractivity contribution in [3.63, 3.8) is 0 Å². The van der Waals surface area contributed by atoms with Crippen LogP contribution in [0.3, 0.4) is 0 Å². The summed E-state index contributed by atoms with van der Waals surface area (Å²) in [5.74, 6) is 2.10. The van der Waals surface area contributed by atoms with Crippen molar-refractivity contribution in [1.29, 1.82) is 0 Å². The molecule has 0 saturated carbocycles. The van der Waals surface area contributed by atoms with Crippen LogP contribution in [0.15, 0.2) is 42.5 Å². The van der Waals surface area contributed by atoms with Gasteiger partial charge in [0.25, 0.3) is 0 Å². The van der Waals surface area contributed by atoms with Gasteiger partial charge in [-0.25, -0.2) is 9.38 Å². The van der Waals surface area contributed by atoms with Crippen LogP contribution >= 0.6 is 0 Å². The standard InChI is InChI=1S/C21H23N5/c1-13(2)12-22-21-23-18-10-7-15(4)11-17(18)20-25-24-19(26(20)21)16-8-5-14(3)6-9-16/h5-11,13H,12H2,1-4H3,(H,22,23). The predicted molar refractivity (Wildman–Crippen MR) is 107 cm³/mol. The smallest absolute Gasteiger partial charge is 0.211 e. The van der Waals surface area contributed by atoms with Crippen LogP contribution in [-0.4, -0.2) is 26.1 Å². The van der Waals surface area contributed by atoms with Crippen molar-refractivity contribution in [2.24, 2.45) is 5.92 Å². The minimum Gasteiger partial charge on any atom is -0.355 e. The molecule has 132 valence electrons. The van der Waals surface area contributed by atoms with Gasteiger partial charge < -0.3 is 5.32 Å². The number of rotatable bonds is 4. The summed E-state index contributed by atoms with van der Waals surface area (Å²) >= 11 is 0. The summed E-state index contributed by atoms with van der Waals surface area (Å²) < 4.78 is 2.04. The van der Waals surface area contributed by atoms with Crippen molar-refractivity contribution in [3.8, 4) is 11.4 Å². The molecule has 0 fully saturated rings. The van der Waals surface area contributed by atoms with E-state index in [1.54, 1.807) is 0 Å². The molecular weight excluding hydrogens is 322 g/mol. The lowest BCUT2D eigenvalue weighted by molar-refractivity contribution is 0.684. The Morgan fingerprint density at radius 2 is 1.69 bits per heavy atom. The quantitative estimate of drug-likeness (QED) is 0.586. The van der Waals surface area contributed by atoms with Gasteiger partial charge in [0, 0.05) is 17.5 Å². The molecule has 0 saturated heterocycles. The Kier molecular flexibility index (Phi) is 4.07. The Bertz CT molecular complexity index is 1080. The van der Waals surface area contributed by atoms with Crippen molar-refractivity contribution in [1.82, 2.24) is 19.6 Å². The zero-order valence-electron chi connectivity index (χ0n) is 15.6. The maximum absolute atomic E-state index is 4.86. The van der Waals surface area contributed by atoms with Crippen molar-refractivity contribution in [2.75, 3.05) is 11.9 Å². The van der Waals surface area contributed by atoms with Gasteiger partial charge in [0.2, 0.25) is 5.95 Å². The predicted octanol–water partition coefficient (Wildman–Crippen LogP) is 4.63. The molecule has 0 aliphatic heterocycles. The van der Waals surface area contributed by atoms with E-state index >= 15 is 0 Å². The molecule has 0 unspecified atom stereocenters. The molecule has 1 N–H and O–H groups in total. The number of hydrogen-bond donors (Lipinski definition) is 1. The first-order valence-electron chi connectivity index (χ1n) is 8.99. The van der Waals surface area contributed by atoms with E-state index in [2.05, 4.69) is 79.6 Å². The van der Waals surface area contributed by atoms with E-state index in [-0.39, 0.29) is 0 Å². The zero-order chi connectivity index (χ0) is 18.3. The highest BCUT2D eigenvalue weighted by molar-refractivity contribution is 5.93. The average molecular weight is 345 g/mol. The number of fused-ring (bicyclic) bond motifs is 3. The molecule has 0 atom stereocenters. The maximum Gasteiger partial charge on any atom is 0.211 e. The molecule has 0 bridgehead atoms. The van der Waals surface area contributed by atoms with Gasteiger partial charge in [0.15, 0.2) is 11.5 Å². The summed E-state index contributed by atoms with van der Waals surface area (Å²) in [6.07, 6.45) is 0. The average Bonchev–Trinajstić information content (AvgIpc) is 3.06. The Hall–Kier alpha value is -2.95. The highest BCUT2D eigenvalue weighted by Crippen LogP contribution is 2.27. The van der Waals surface area contributed by atoms with Crippen LogP contribution in [0.1, 0.15) is 25.0 Å². The van der Waals surface area contributed by atoms with E-state index in [0.29, 0.717) is 5.92 Å². The summed E-state index contributed by atoms with van der Waals surface area (Å²) in [6, 6.07) is 14.6. The molecule has 5 heteroatoms. The van der Waals surface area contributed by atoms with Gasteiger partial charge >= 0.3 is 0 Å². The van der Waals surface area contributed by atoms with Gasteiger partial charge in [-0.2, -0.15) is 0 Å². The molecule has 0 amide bonds. The first-order chi connectivity index (χ1) is 12.5. The molecular formula is C21H23N5. The second-order valence-corrected chi connectivity index (χ2v) is 7.28. The third-order valence-electron chi connectivity index (χ3n) is 4.47. The first kappa shape index (κ1) is 16.5. The van der Waals surface area contributed by atoms with Crippen LogP contribution in [0.25, 0.3) is 27.9 Å². The number of hydrogen-bond acceptors (Lipinski definition) is 4. The molecule has 4 rings (SSSR count). The normalized spacial score (nSPS) is 11.6. The summed E-state index contributed by atoms with van der Waals surface area (Å²) in [5.41, 5.74) is 5.20. The van der Waals surface area contributed by atoms with E-state index < -0.39 is 0 Å². The second kappa shape index (κ2) is 6.41. The SMILES string of the molecule is Cc1ccc(-c2nnc3c4cc(C)ccc4nc(NCC(C)C)n23)cc1. The van der Waals surface area contributed by atoms with Crippen LogP contribution in [0.5, 0.6) is 0 Å². The molecule has 2 aromatic heterocycles. The number of anilines is 1. The van der Waals surface area contributed by atoms with Gasteiger partial charge in [-0.05, 0) is 31.9 Å². The topological polar surface area (TPSA) is 55.1 Å². The Labute approximate surface area is 153 Å². The fourth-order valence-corrected chi connectivity index (χ4v) is 3.05. The second-order valence-electron chi connectivity index (χ2n) is 7.28. The van der Waals surface area contributed by atoms with Crippen LogP contribution in [0.2, 0.25) is 0 Å². The summed E-state index contributed by atoms with van der Waals surface area (Å²) in [6.45, 7) is 9.37. The highest BCUT2D eigenvalue weighted by atomic mass is 15.3. The summed E-state index contributed by atoms with van der Waals surface area (Å²) in [7, 11) is 0. The molecule has 26 heavy (non-hydrogen) atoms. The van der Waals surface area contributed by atoms with Crippen LogP contribution in [0.4, 0.5) is 5.95 Å². The fourth-order valence-electron chi connectivity index (χ4n) is 3.05. The van der Waals surface area contributed by atoms with Gasteiger partial charge in [-0.3, -0.25) is 0 Å². The van der Waals surface area contributed by atoms with Crippen molar-refractivity contribution >= 4 is 22.5 Å². The van der Waals surface area contributed by atoms with Gasteiger partial charge in [0.05, 0.1) is 5.52 Å². The van der Waals surface area contributed by atoms with Gasteiger partial charge in [-0.15, -0.1) is 10.2 Å². The number of nitrogens with zero attached hydrogens (tertiary/aromatic N) is 4. The lowest BCUT2D eigenvalue weighted by atomic mass is 10.1. The van der Waals surface area contributed by atoms with E-state index in [1.807, 2.05) is 10.5 Å². The summed E-state index contributed by atoms with van der Waals surface area (Å²) in [4.78, 5) is 4.86. The molecule has 0 spiro atoms. The van der Waals surface area contributed by atoms with Gasteiger partial charge in [-0.1, -0.05) is 55.3 Å². The molecule has 2 aromatic carbocycles. The summed E-state index contributed by atoms with van der Waals surface area (Å²) in [5, 5.41) is 13.5. The highest BCUT2D eigenvalue weighted by Gasteiger charge is 2.16. The Balaban J connectivity index is 1.99. The number of benzene rings is 2. The van der Waals surface area contributed by atoms with Crippen molar-refractivity contribution in [3.05, 3.63) is 53.6 Å². The third-order valence-corrected chi connectivity index (χ3v) is 4.47. The monoisotopic (exact) mass is 345 g/mol. The van der Waals surface area contributed by atoms with Gasteiger partial charge in [0.1, 0.15) is 0 Å². The minimum absolute atomic E-state index is 0.514. The molecule has 4 aromatic rings. The van der Waals surface area contributed by atoms with Crippen LogP contribution < -0.4 is 5.32 Å². The third kappa shape index (κ3) is 2.90. The van der Waals surface area contributed by atoms with E-state index in [1.165, 1.54) is 11.1 Å².